The van der Waals surface area contributed by atoms with E-state index in [2.05, 4.69) is 9.97 Å². The normalized spacial score (nSPS) is 12.8. The van der Waals surface area contributed by atoms with E-state index in [1.807, 2.05) is 30.5 Å². The third kappa shape index (κ3) is 2.64. The van der Waals surface area contributed by atoms with E-state index in [9.17, 15) is 4.79 Å². The number of carbonyl (C=O) groups is 1. The molecule has 1 atom stereocenters. The van der Waals surface area contributed by atoms with Crippen LogP contribution in [0, 0.1) is 13.8 Å². The van der Waals surface area contributed by atoms with E-state index in [0.717, 1.165) is 17.1 Å². The highest BCUT2D eigenvalue weighted by Crippen LogP contribution is 2.18. The number of carboxylic acid groups (broad SMARTS) is 1. The quantitative estimate of drug-likeness (QED) is 0.916. The third-order valence-electron chi connectivity index (χ3n) is 2.64. The Balaban J connectivity index is 2.20. The van der Waals surface area contributed by atoms with Crippen molar-refractivity contribution >= 4 is 23.5 Å². The van der Waals surface area contributed by atoms with Crippen LogP contribution in [0.2, 0.25) is 0 Å². The lowest BCUT2D eigenvalue weighted by molar-refractivity contribution is -0.136. The minimum absolute atomic E-state index is 0.425. The molecule has 2 rings (SSSR count). The zero-order chi connectivity index (χ0) is 13.3. The van der Waals surface area contributed by atoms with Crippen molar-refractivity contribution in [2.24, 2.45) is 0 Å². The lowest BCUT2D eigenvalue weighted by Gasteiger charge is -2.02. The van der Waals surface area contributed by atoms with E-state index < -0.39 is 11.2 Å². The Hall–Kier alpha value is -1.56. The van der Waals surface area contributed by atoms with Gasteiger partial charge in [-0.15, -0.1) is 11.8 Å². The van der Waals surface area contributed by atoms with Crippen molar-refractivity contribution in [3.8, 4) is 0 Å². The smallest absolute Gasteiger partial charge is 0.316 e. The standard InChI is InChI=1S/C12H15N3O2S/c1-7-4-8(2)15-5-10(14-12(15)13-7)6-18-9(3)11(16)17/h4-5,9H,6H2,1-3H3,(H,16,17)/t9-/m1/s1. The molecule has 18 heavy (non-hydrogen) atoms. The van der Waals surface area contributed by atoms with Crippen LogP contribution >= 0.6 is 11.8 Å². The minimum Gasteiger partial charge on any atom is -0.480 e. The van der Waals surface area contributed by atoms with Crippen LogP contribution < -0.4 is 0 Å². The molecule has 2 aromatic rings. The SMILES string of the molecule is Cc1cc(C)n2cc(CS[C@H](C)C(=O)O)nc2n1. The molecule has 0 bridgehead atoms. The molecule has 0 aliphatic rings. The second kappa shape index (κ2) is 4.97. The van der Waals surface area contributed by atoms with Gasteiger partial charge in [-0.2, -0.15) is 0 Å². The van der Waals surface area contributed by atoms with Crippen LogP contribution in [0.15, 0.2) is 12.3 Å². The molecule has 0 radical (unpaired) electrons. The van der Waals surface area contributed by atoms with E-state index in [1.165, 1.54) is 11.8 Å². The zero-order valence-electron chi connectivity index (χ0n) is 10.5. The van der Waals surface area contributed by atoms with Gasteiger partial charge in [-0.3, -0.25) is 9.20 Å². The first-order valence-electron chi connectivity index (χ1n) is 5.64. The molecular formula is C12H15N3O2S. The Bertz CT molecular complexity index is 594. The molecule has 0 amide bonds. The minimum atomic E-state index is -0.797. The summed E-state index contributed by atoms with van der Waals surface area (Å²) in [5.74, 6) is 0.454. The highest BCUT2D eigenvalue weighted by Gasteiger charge is 2.13. The molecular weight excluding hydrogens is 250 g/mol. The molecule has 5 nitrogen and oxygen atoms in total. The summed E-state index contributed by atoms with van der Waals surface area (Å²) in [4.78, 5) is 19.5. The number of aromatic nitrogens is 3. The fraction of sp³-hybridized carbons (Fsp3) is 0.417. The predicted molar refractivity (Wildman–Crippen MR) is 70.9 cm³/mol. The van der Waals surface area contributed by atoms with Crippen LogP contribution in [-0.2, 0) is 10.5 Å². The summed E-state index contributed by atoms with van der Waals surface area (Å²) in [5.41, 5.74) is 2.87. The van der Waals surface area contributed by atoms with Gasteiger partial charge in [-0.05, 0) is 26.8 Å². The lowest BCUT2D eigenvalue weighted by atomic mass is 10.3. The summed E-state index contributed by atoms with van der Waals surface area (Å²) in [6, 6.07) is 1.99. The van der Waals surface area contributed by atoms with Crippen LogP contribution in [0.1, 0.15) is 24.0 Å². The van der Waals surface area contributed by atoms with E-state index >= 15 is 0 Å². The first-order valence-corrected chi connectivity index (χ1v) is 6.69. The number of thioether (sulfide) groups is 1. The third-order valence-corrected chi connectivity index (χ3v) is 3.80. The molecule has 0 saturated heterocycles. The molecule has 0 aromatic carbocycles. The van der Waals surface area contributed by atoms with Crippen LogP contribution in [0.4, 0.5) is 0 Å². The summed E-state index contributed by atoms with van der Waals surface area (Å²) in [6.07, 6.45) is 1.92. The lowest BCUT2D eigenvalue weighted by Crippen LogP contribution is -2.11. The van der Waals surface area contributed by atoms with Gasteiger partial charge in [0.25, 0.3) is 0 Å². The van der Waals surface area contributed by atoms with Gasteiger partial charge in [0.05, 0.1) is 10.9 Å². The van der Waals surface area contributed by atoms with E-state index in [4.69, 9.17) is 5.11 Å². The Morgan fingerprint density at radius 2 is 2.22 bits per heavy atom. The number of rotatable bonds is 4. The molecule has 1 N–H and O–H groups in total. The molecule has 0 spiro atoms. The van der Waals surface area contributed by atoms with Crippen molar-refractivity contribution < 1.29 is 9.90 Å². The zero-order valence-corrected chi connectivity index (χ0v) is 11.4. The maximum absolute atomic E-state index is 10.7. The van der Waals surface area contributed by atoms with E-state index in [-0.39, 0.29) is 0 Å². The summed E-state index contributed by atoms with van der Waals surface area (Å²) in [7, 11) is 0. The van der Waals surface area contributed by atoms with Crippen molar-refractivity contribution in [1.82, 2.24) is 14.4 Å². The van der Waals surface area contributed by atoms with Gasteiger partial charge >= 0.3 is 5.97 Å². The molecule has 6 heteroatoms. The number of aryl methyl sites for hydroxylation is 2. The number of hydrogen-bond donors (Lipinski definition) is 1. The van der Waals surface area contributed by atoms with Crippen molar-refractivity contribution in [3.63, 3.8) is 0 Å². The Morgan fingerprint density at radius 3 is 2.89 bits per heavy atom. The molecule has 0 fully saturated rings. The summed E-state index contributed by atoms with van der Waals surface area (Å²) >= 11 is 1.36. The summed E-state index contributed by atoms with van der Waals surface area (Å²) in [6.45, 7) is 5.61. The molecule has 0 aliphatic heterocycles. The molecule has 96 valence electrons. The van der Waals surface area contributed by atoms with E-state index in [0.29, 0.717) is 11.5 Å². The number of carboxylic acids is 1. The van der Waals surface area contributed by atoms with Crippen LogP contribution in [0.3, 0.4) is 0 Å². The van der Waals surface area contributed by atoms with Gasteiger partial charge in [0.15, 0.2) is 0 Å². The number of imidazole rings is 1. The van der Waals surface area contributed by atoms with Crippen LogP contribution in [-0.4, -0.2) is 30.7 Å². The molecule has 0 unspecified atom stereocenters. The van der Waals surface area contributed by atoms with Crippen LogP contribution in [0.25, 0.3) is 5.78 Å². The molecule has 2 heterocycles. The van der Waals surface area contributed by atoms with Crippen LogP contribution in [0.5, 0.6) is 0 Å². The van der Waals surface area contributed by atoms with Crippen molar-refractivity contribution in [2.45, 2.75) is 31.8 Å². The highest BCUT2D eigenvalue weighted by atomic mass is 32.2. The molecule has 0 aliphatic carbocycles. The predicted octanol–water partition coefficient (Wildman–Crippen LogP) is 2.05. The number of fused-ring (bicyclic) bond motifs is 1. The van der Waals surface area contributed by atoms with Gasteiger partial charge in [-0.1, -0.05) is 0 Å². The maximum atomic E-state index is 10.7. The number of nitrogens with zero attached hydrogens (tertiary/aromatic N) is 3. The summed E-state index contributed by atoms with van der Waals surface area (Å²) < 4.78 is 1.92. The van der Waals surface area contributed by atoms with Crippen molar-refractivity contribution in [2.75, 3.05) is 0 Å². The van der Waals surface area contributed by atoms with E-state index in [1.54, 1.807) is 6.92 Å². The first-order chi connectivity index (χ1) is 8.47. The van der Waals surface area contributed by atoms with Gasteiger partial charge in [0.1, 0.15) is 0 Å². The average molecular weight is 265 g/mol. The number of hydrogen-bond acceptors (Lipinski definition) is 4. The van der Waals surface area contributed by atoms with Gasteiger partial charge < -0.3 is 5.11 Å². The fourth-order valence-corrected chi connectivity index (χ4v) is 2.37. The van der Waals surface area contributed by atoms with Gasteiger partial charge in [0.2, 0.25) is 5.78 Å². The second-order valence-corrected chi connectivity index (χ2v) is 5.56. The second-order valence-electron chi connectivity index (χ2n) is 4.23. The molecule has 2 aromatic heterocycles. The monoisotopic (exact) mass is 265 g/mol. The Kier molecular flexibility index (Phi) is 3.56. The largest absolute Gasteiger partial charge is 0.480 e. The van der Waals surface area contributed by atoms with Gasteiger partial charge in [0, 0.05) is 23.3 Å². The fourth-order valence-electron chi connectivity index (χ4n) is 1.67. The Labute approximate surface area is 109 Å². The molecule has 0 saturated carbocycles. The highest BCUT2D eigenvalue weighted by molar-refractivity contribution is 7.99. The number of aliphatic carboxylic acids is 1. The average Bonchev–Trinajstić information content (AvgIpc) is 2.68. The summed E-state index contributed by atoms with van der Waals surface area (Å²) in [5, 5.41) is 8.40. The van der Waals surface area contributed by atoms with Crippen molar-refractivity contribution in [3.05, 3.63) is 29.3 Å². The maximum Gasteiger partial charge on any atom is 0.316 e. The Morgan fingerprint density at radius 1 is 1.50 bits per heavy atom. The topological polar surface area (TPSA) is 67.5 Å². The van der Waals surface area contributed by atoms with Gasteiger partial charge in [-0.25, -0.2) is 9.97 Å². The van der Waals surface area contributed by atoms with Crippen molar-refractivity contribution in [1.29, 1.82) is 0 Å². The first kappa shape index (κ1) is 12.9.